The van der Waals surface area contributed by atoms with Gasteiger partial charge in [0.1, 0.15) is 0 Å². The molecule has 5 aromatic carbocycles. The van der Waals surface area contributed by atoms with Gasteiger partial charge in [-0.3, -0.25) is 4.55 Å². The minimum Gasteiger partial charge on any atom is -0.388 e. The summed E-state index contributed by atoms with van der Waals surface area (Å²) in [6.45, 7) is 15.0. The van der Waals surface area contributed by atoms with Gasteiger partial charge in [-0.25, -0.2) is 0 Å². The fourth-order valence-corrected chi connectivity index (χ4v) is 7.93. The molecule has 5 heteroatoms. The Bertz CT molecular complexity index is 2000. The first-order valence-electron chi connectivity index (χ1n) is 15.9. The zero-order valence-corrected chi connectivity index (χ0v) is 29.1. The number of anilines is 1. The molecule has 0 aliphatic rings. The average molecular weight is 632 g/mol. The summed E-state index contributed by atoms with van der Waals surface area (Å²) in [4.78, 5) is -0.0774. The third kappa shape index (κ3) is 6.96. The van der Waals surface area contributed by atoms with Crippen molar-refractivity contribution < 1.29 is 13.0 Å². The molecule has 1 atom stereocenters. The van der Waals surface area contributed by atoms with Gasteiger partial charge >= 0.3 is 0 Å². The zero-order chi connectivity index (χ0) is 33.3. The van der Waals surface area contributed by atoms with Crippen molar-refractivity contribution in [2.75, 3.05) is 12.4 Å². The van der Waals surface area contributed by atoms with Gasteiger partial charge in [0.2, 0.25) is 0 Å². The highest BCUT2D eigenvalue weighted by atomic mass is 32.2. The van der Waals surface area contributed by atoms with Gasteiger partial charge in [0.05, 0.1) is 4.90 Å². The lowest BCUT2D eigenvalue weighted by Crippen LogP contribution is -2.13. The van der Waals surface area contributed by atoms with Gasteiger partial charge in [-0.1, -0.05) is 83.9 Å². The maximum atomic E-state index is 12.7. The molecule has 0 saturated heterocycles. The van der Waals surface area contributed by atoms with Crippen LogP contribution in [0.3, 0.4) is 0 Å². The fourth-order valence-electron chi connectivity index (χ4n) is 7.20. The summed E-state index contributed by atoms with van der Waals surface area (Å²) >= 11 is 0. The molecule has 0 aliphatic heterocycles. The maximum Gasteiger partial charge on any atom is 0.294 e. The van der Waals surface area contributed by atoms with Gasteiger partial charge in [-0.05, 0) is 140 Å². The summed E-state index contributed by atoms with van der Waals surface area (Å²) in [5, 5.41) is 3.41. The van der Waals surface area contributed by atoms with E-state index >= 15 is 0 Å². The van der Waals surface area contributed by atoms with E-state index in [1.54, 1.807) is 6.07 Å². The Kier molecular flexibility index (Phi) is 9.57. The molecule has 0 aromatic heterocycles. The molecule has 4 nitrogen and oxygen atoms in total. The molecular formula is C41H45NO3S. The zero-order valence-electron chi connectivity index (χ0n) is 28.2. The Morgan fingerprint density at radius 1 is 0.587 bits per heavy atom. The summed E-state index contributed by atoms with van der Waals surface area (Å²) in [5.74, 6) is -0.436. The Labute approximate surface area is 275 Å². The van der Waals surface area contributed by atoms with Crippen LogP contribution < -0.4 is 5.32 Å². The van der Waals surface area contributed by atoms with E-state index < -0.39 is 16.0 Å². The van der Waals surface area contributed by atoms with E-state index in [4.69, 9.17) is 0 Å². The van der Waals surface area contributed by atoms with Crippen LogP contribution in [-0.4, -0.2) is 20.0 Å². The molecule has 0 spiro atoms. The van der Waals surface area contributed by atoms with Crippen LogP contribution in [0.2, 0.25) is 0 Å². The van der Waals surface area contributed by atoms with Gasteiger partial charge in [0.15, 0.2) is 0 Å². The van der Waals surface area contributed by atoms with Crippen molar-refractivity contribution in [3.05, 3.63) is 163 Å². The summed E-state index contributed by atoms with van der Waals surface area (Å²) in [5.41, 5.74) is 17.1. The first-order chi connectivity index (χ1) is 21.8. The molecule has 0 heterocycles. The number of rotatable bonds is 9. The molecular weight excluding hydrogens is 587 g/mol. The lowest BCUT2D eigenvalue weighted by Gasteiger charge is -2.26. The van der Waals surface area contributed by atoms with Crippen molar-refractivity contribution in [1.82, 2.24) is 0 Å². The second kappa shape index (κ2) is 13.3. The SMILES string of the molecule is CNc1cc(Cc2c(C)cc(C)cc2C)ccc1C(c1ccc(Cc2c(C)cc(C)cc2C)cc1C)c1ccccc1S(=O)(=O)O. The van der Waals surface area contributed by atoms with Crippen LogP contribution >= 0.6 is 0 Å². The van der Waals surface area contributed by atoms with Gasteiger partial charge in [0, 0.05) is 18.7 Å². The van der Waals surface area contributed by atoms with Crippen LogP contribution in [0.4, 0.5) is 5.69 Å². The van der Waals surface area contributed by atoms with Crippen molar-refractivity contribution >= 4 is 15.8 Å². The van der Waals surface area contributed by atoms with Gasteiger partial charge in [0.25, 0.3) is 10.1 Å². The normalized spacial score (nSPS) is 12.3. The van der Waals surface area contributed by atoms with Crippen LogP contribution in [-0.2, 0) is 23.0 Å². The van der Waals surface area contributed by atoms with E-state index in [1.165, 1.54) is 61.7 Å². The summed E-state index contributed by atoms with van der Waals surface area (Å²) < 4.78 is 35.7. The molecule has 0 aliphatic carbocycles. The first kappa shape index (κ1) is 33.2. The molecule has 0 fully saturated rings. The van der Waals surface area contributed by atoms with Crippen LogP contribution in [0.25, 0.3) is 0 Å². The lowest BCUT2D eigenvalue weighted by atomic mass is 9.80. The Hall–Kier alpha value is -4.19. The number of hydrogen-bond donors (Lipinski definition) is 2. The van der Waals surface area contributed by atoms with Gasteiger partial charge in [-0.15, -0.1) is 0 Å². The van der Waals surface area contributed by atoms with E-state index in [2.05, 4.69) is 114 Å². The highest BCUT2D eigenvalue weighted by molar-refractivity contribution is 7.85. The van der Waals surface area contributed by atoms with E-state index in [-0.39, 0.29) is 4.90 Å². The molecule has 2 N–H and O–H groups in total. The number of nitrogens with one attached hydrogen (secondary N) is 1. The quantitative estimate of drug-likeness (QED) is 0.126. The minimum absolute atomic E-state index is 0.0774. The summed E-state index contributed by atoms with van der Waals surface area (Å²) in [6, 6.07) is 28.6. The Balaban J connectivity index is 1.64. The van der Waals surface area contributed by atoms with Crippen LogP contribution in [0, 0.1) is 48.5 Å². The summed E-state index contributed by atoms with van der Waals surface area (Å²) in [7, 11) is -2.57. The third-order valence-electron chi connectivity index (χ3n) is 9.29. The molecule has 5 aromatic rings. The minimum atomic E-state index is -4.47. The fraction of sp³-hybridized carbons (Fsp3) is 0.268. The Morgan fingerprint density at radius 2 is 1.07 bits per heavy atom. The van der Waals surface area contributed by atoms with E-state index in [0.29, 0.717) is 5.56 Å². The Morgan fingerprint density at radius 3 is 1.54 bits per heavy atom. The number of aryl methyl sites for hydroxylation is 7. The van der Waals surface area contributed by atoms with Crippen LogP contribution in [0.5, 0.6) is 0 Å². The summed E-state index contributed by atoms with van der Waals surface area (Å²) in [6.07, 6.45) is 1.62. The molecule has 0 radical (unpaired) electrons. The first-order valence-corrected chi connectivity index (χ1v) is 17.3. The average Bonchev–Trinajstić information content (AvgIpc) is 2.98. The largest absolute Gasteiger partial charge is 0.388 e. The molecule has 238 valence electrons. The van der Waals surface area contributed by atoms with E-state index in [1.807, 2.05) is 19.2 Å². The van der Waals surface area contributed by atoms with Gasteiger partial charge < -0.3 is 5.32 Å². The molecule has 0 bridgehead atoms. The van der Waals surface area contributed by atoms with Crippen LogP contribution in [0.15, 0.2) is 89.8 Å². The van der Waals surface area contributed by atoms with Crippen LogP contribution in [0.1, 0.15) is 83.8 Å². The van der Waals surface area contributed by atoms with Crippen molar-refractivity contribution in [3.8, 4) is 0 Å². The molecule has 5 rings (SSSR count). The van der Waals surface area contributed by atoms with Gasteiger partial charge in [-0.2, -0.15) is 8.42 Å². The molecule has 0 saturated carbocycles. The second-order valence-electron chi connectivity index (χ2n) is 12.9. The van der Waals surface area contributed by atoms with Crippen molar-refractivity contribution in [2.45, 2.75) is 72.1 Å². The highest BCUT2D eigenvalue weighted by Crippen LogP contribution is 2.41. The smallest absolute Gasteiger partial charge is 0.294 e. The van der Waals surface area contributed by atoms with E-state index in [0.717, 1.165) is 35.2 Å². The molecule has 1 unspecified atom stereocenters. The van der Waals surface area contributed by atoms with Crippen molar-refractivity contribution in [1.29, 1.82) is 0 Å². The topological polar surface area (TPSA) is 66.4 Å². The monoisotopic (exact) mass is 631 g/mol. The van der Waals surface area contributed by atoms with Crippen molar-refractivity contribution in [2.24, 2.45) is 0 Å². The molecule has 46 heavy (non-hydrogen) atoms. The third-order valence-corrected chi connectivity index (χ3v) is 10.2. The number of hydrogen-bond acceptors (Lipinski definition) is 3. The second-order valence-corrected chi connectivity index (χ2v) is 14.3. The van der Waals surface area contributed by atoms with Crippen molar-refractivity contribution in [3.63, 3.8) is 0 Å². The predicted octanol–water partition coefficient (Wildman–Crippen LogP) is 9.50. The highest BCUT2D eigenvalue weighted by Gasteiger charge is 2.28. The predicted molar refractivity (Wildman–Crippen MR) is 191 cm³/mol. The number of benzene rings is 5. The standard InChI is InChI=1S/C41H45NO3S/c1-25-17-27(3)37(28(4)18-25)22-32-13-15-34(31(7)21-32)41(36-11-9-10-12-40(36)46(43,44)45)35-16-14-33(24-39(35)42-8)23-38-29(5)19-26(2)20-30(38)6/h9-21,24,41-42H,22-23H2,1-8H3,(H,43,44,45). The molecule has 0 amide bonds. The maximum absolute atomic E-state index is 12.7. The van der Waals surface area contributed by atoms with E-state index in [9.17, 15) is 13.0 Å². The lowest BCUT2D eigenvalue weighted by molar-refractivity contribution is 0.482.